The highest BCUT2D eigenvalue weighted by atomic mass is 16.6. The van der Waals surface area contributed by atoms with Crippen molar-refractivity contribution in [3.8, 4) is 11.6 Å². The summed E-state index contributed by atoms with van der Waals surface area (Å²) in [5.41, 5.74) is 8.44. The summed E-state index contributed by atoms with van der Waals surface area (Å²) >= 11 is 0. The molecule has 0 atom stereocenters. The van der Waals surface area contributed by atoms with Crippen LogP contribution in [0.3, 0.4) is 0 Å². The molecule has 160 valence electrons. The zero-order chi connectivity index (χ0) is 21.5. The van der Waals surface area contributed by atoms with Crippen LogP contribution in [0.1, 0.15) is 78.7 Å². The lowest BCUT2D eigenvalue weighted by Crippen LogP contribution is -1.86. The highest BCUT2D eigenvalue weighted by Crippen LogP contribution is 2.51. The second kappa shape index (κ2) is 10.5. The molecule has 2 heterocycles. The van der Waals surface area contributed by atoms with E-state index >= 15 is 0 Å². The highest BCUT2D eigenvalue weighted by Gasteiger charge is 2.28. The number of aromatic amines is 1. The van der Waals surface area contributed by atoms with Gasteiger partial charge in [-0.1, -0.05) is 58.7 Å². The number of fused-ring (bicyclic) bond motifs is 3. The van der Waals surface area contributed by atoms with E-state index in [0.29, 0.717) is 0 Å². The van der Waals surface area contributed by atoms with Crippen LogP contribution in [0.15, 0.2) is 64.8 Å². The van der Waals surface area contributed by atoms with Gasteiger partial charge in [0, 0.05) is 5.39 Å². The molecule has 2 nitrogen and oxygen atoms in total. The van der Waals surface area contributed by atoms with Gasteiger partial charge in [-0.25, -0.2) is 0 Å². The van der Waals surface area contributed by atoms with Crippen LogP contribution in [-0.2, 0) is 6.42 Å². The predicted molar refractivity (Wildman–Crippen MR) is 130 cm³/mol. The molecule has 30 heavy (non-hydrogen) atoms. The molecule has 0 unspecified atom stereocenters. The number of rotatable bonds is 11. The second-order valence-electron chi connectivity index (χ2n) is 8.98. The maximum absolute atomic E-state index is 5.48. The molecule has 0 bridgehead atoms. The van der Waals surface area contributed by atoms with Gasteiger partial charge in [0.2, 0.25) is 5.88 Å². The topological polar surface area (TPSA) is 28.3 Å². The first-order valence-corrected chi connectivity index (χ1v) is 11.4. The lowest BCUT2D eigenvalue weighted by molar-refractivity contribution is 0.634. The molecule has 0 aliphatic carbocycles. The zero-order valence-electron chi connectivity index (χ0n) is 19.4. The average Bonchev–Trinajstić information content (AvgIpc) is 3.36. The van der Waals surface area contributed by atoms with Gasteiger partial charge in [0.05, 0.1) is 5.52 Å². The number of nitrogens with one attached hydrogen (secondary N) is 1. The van der Waals surface area contributed by atoms with Crippen molar-refractivity contribution >= 4 is 10.9 Å². The minimum absolute atomic E-state index is 0.941. The quantitative estimate of drug-likeness (QED) is 0.251. The molecule has 1 aliphatic heterocycles. The van der Waals surface area contributed by atoms with Crippen molar-refractivity contribution in [2.75, 3.05) is 0 Å². The number of hydrogen-bond acceptors (Lipinski definition) is 1. The SMILES string of the molecule is CC(C)=CCC/C(C)=C/CC/C(C)=C/CC/C(C)=C/Cc1cccc2[nH]c3c(c12)O3. The molecular formula is C28H37NO. The van der Waals surface area contributed by atoms with E-state index in [4.69, 9.17) is 4.74 Å². The van der Waals surface area contributed by atoms with Crippen LogP contribution in [0.25, 0.3) is 10.9 Å². The van der Waals surface area contributed by atoms with Crippen molar-refractivity contribution in [1.29, 1.82) is 0 Å². The van der Waals surface area contributed by atoms with Crippen LogP contribution in [0.5, 0.6) is 11.6 Å². The Kier molecular flexibility index (Phi) is 7.79. The van der Waals surface area contributed by atoms with Crippen LogP contribution < -0.4 is 4.74 Å². The smallest absolute Gasteiger partial charge is 0.242 e. The van der Waals surface area contributed by atoms with Crippen LogP contribution >= 0.6 is 0 Å². The molecule has 1 aliphatic rings. The highest BCUT2D eigenvalue weighted by molar-refractivity contribution is 5.96. The summed E-state index contributed by atoms with van der Waals surface area (Å²) in [6.07, 6.45) is 17.4. The molecule has 0 saturated heterocycles. The molecule has 3 rings (SSSR count). The monoisotopic (exact) mass is 403 g/mol. The van der Waals surface area contributed by atoms with Gasteiger partial charge in [0.1, 0.15) is 0 Å². The molecule has 1 aromatic heterocycles. The number of hydrogen-bond donors (Lipinski definition) is 1. The minimum Gasteiger partial charge on any atom is -0.431 e. The molecule has 0 radical (unpaired) electrons. The third kappa shape index (κ3) is 6.52. The summed E-state index contributed by atoms with van der Waals surface area (Å²) in [6, 6.07) is 6.46. The van der Waals surface area contributed by atoms with Crippen LogP contribution in [-0.4, -0.2) is 4.98 Å². The maximum Gasteiger partial charge on any atom is 0.242 e. The Hall–Kier alpha value is -2.48. The largest absolute Gasteiger partial charge is 0.431 e. The normalized spacial score (nSPS) is 14.0. The fraction of sp³-hybridized carbons (Fsp3) is 0.429. The Bertz CT molecular complexity index is 993. The standard InChI is InChI=1S/C28H37NO/c1-20(2)10-6-11-21(3)12-7-13-22(4)14-8-15-23(5)18-19-24-16-9-17-25-26(24)27-28(29-25)30-27/h9-10,12,14,16-18,29H,6-8,11,13,15,19H2,1-5H3/b21-12+,22-14+,23-18+. The summed E-state index contributed by atoms with van der Waals surface area (Å²) in [5, 5.41) is 1.26. The van der Waals surface area contributed by atoms with Crippen LogP contribution in [0, 0.1) is 0 Å². The van der Waals surface area contributed by atoms with E-state index in [2.05, 4.69) is 82.1 Å². The van der Waals surface area contributed by atoms with Gasteiger partial charge in [-0.05, 0) is 91.2 Å². The fourth-order valence-electron chi connectivity index (χ4n) is 3.86. The number of aromatic nitrogens is 1. The van der Waals surface area contributed by atoms with Gasteiger partial charge >= 0.3 is 0 Å². The number of allylic oxidation sites excluding steroid dienone is 8. The van der Waals surface area contributed by atoms with Gasteiger partial charge in [-0.2, -0.15) is 0 Å². The summed E-state index contributed by atoms with van der Waals surface area (Å²) in [5.74, 6) is 1.99. The van der Waals surface area contributed by atoms with Crippen molar-refractivity contribution in [2.24, 2.45) is 0 Å². The average molecular weight is 404 g/mol. The molecule has 0 fully saturated rings. The third-order valence-corrected chi connectivity index (χ3v) is 5.82. The third-order valence-electron chi connectivity index (χ3n) is 5.82. The van der Waals surface area contributed by atoms with E-state index < -0.39 is 0 Å². The van der Waals surface area contributed by atoms with Crippen molar-refractivity contribution < 1.29 is 4.74 Å². The first-order chi connectivity index (χ1) is 14.4. The number of H-pyrrole nitrogens is 1. The molecule has 1 aromatic carbocycles. The Balaban J connectivity index is 1.40. The van der Waals surface area contributed by atoms with Crippen molar-refractivity contribution in [1.82, 2.24) is 4.98 Å². The summed E-state index contributed by atoms with van der Waals surface area (Å²) in [7, 11) is 0. The van der Waals surface area contributed by atoms with Crippen molar-refractivity contribution in [2.45, 2.75) is 79.6 Å². The molecule has 1 N–H and O–H groups in total. The molecule has 0 amide bonds. The van der Waals surface area contributed by atoms with Gasteiger partial charge in [-0.15, -0.1) is 0 Å². The van der Waals surface area contributed by atoms with Crippen molar-refractivity contribution in [3.05, 3.63) is 70.4 Å². The summed E-state index contributed by atoms with van der Waals surface area (Å²) in [4.78, 5) is 3.31. The van der Waals surface area contributed by atoms with Crippen LogP contribution in [0.4, 0.5) is 0 Å². The maximum atomic E-state index is 5.48. The predicted octanol–water partition coefficient (Wildman–Crippen LogP) is 8.96. The zero-order valence-corrected chi connectivity index (χ0v) is 19.4. The van der Waals surface area contributed by atoms with E-state index in [9.17, 15) is 0 Å². The molecular weight excluding hydrogens is 366 g/mol. The number of ether oxygens (including phenoxy) is 1. The lowest BCUT2D eigenvalue weighted by Gasteiger charge is -2.04. The Morgan fingerprint density at radius 2 is 1.40 bits per heavy atom. The first kappa shape index (κ1) is 22.2. The van der Waals surface area contributed by atoms with E-state index in [1.54, 1.807) is 0 Å². The van der Waals surface area contributed by atoms with Gasteiger partial charge < -0.3 is 9.72 Å². The van der Waals surface area contributed by atoms with E-state index in [1.165, 1.54) is 58.0 Å². The fourth-order valence-corrected chi connectivity index (χ4v) is 3.86. The molecule has 2 heteroatoms. The van der Waals surface area contributed by atoms with Gasteiger partial charge in [0.15, 0.2) is 5.75 Å². The molecule has 0 saturated carbocycles. The van der Waals surface area contributed by atoms with E-state index in [-0.39, 0.29) is 0 Å². The minimum atomic E-state index is 0.941. The second-order valence-corrected chi connectivity index (χ2v) is 8.98. The Morgan fingerprint density at radius 1 is 0.800 bits per heavy atom. The lowest BCUT2D eigenvalue weighted by atomic mass is 10.0. The number of benzene rings is 1. The Labute approximate surface area is 182 Å². The van der Waals surface area contributed by atoms with E-state index in [1.807, 2.05) is 0 Å². The van der Waals surface area contributed by atoms with E-state index in [0.717, 1.165) is 37.3 Å². The summed E-state index contributed by atoms with van der Waals surface area (Å²) in [6.45, 7) is 11.1. The van der Waals surface area contributed by atoms with Crippen LogP contribution in [0.2, 0.25) is 0 Å². The molecule has 2 aromatic rings. The van der Waals surface area contributed by atoms with Gasteiger partial charge in [0.25, 0.3) is 0 Å². The Morgan fingerprint density at radius 3 is 2.03 bits per heavy atom. The van der Waals surface area contributed by atoms with Crippen molar-refractivity contribution in [3.63, 3.8) is 0 Å². The first-order valence-electron chi connectivity index (χ1n) is 11.4. The summed E-state index contributed by atoms with van der Waals surface area (Å²) < 4.78 is 5.48. The molecule has 0 spiro atoms. The van der Waals surface area contributed by atoms with Gasteiger partial charge in [-0.3, -0.25) is 0 Å².